The average molecular weight is 195 g/mol. The van der Waals surface area contributed by atoms with Crippen molar-refractivity contribution >= 4 is 6.29 Å². The lowest BCUT2D eigenvalue weighted by atomic mass is 10.2. The molecule has 0 heterocycles. The van der Waals surface area contributed by atoms with Gasteiger partial charge in [-0.05, 0) is 13.8 Å². The number of hydrogen-bond donors (Lipinski definition) is 1. The van der Waals surface area contributed by atoms with Crippen molar-refractivity contribution < 1.29 is 4.79 Å². The van der Waals surface area contributed by atoms with Gasteiger partial charge in [-0.15, -0.1) is 0 Å². The second-order valence-electron chi connectivity index (χ2n) is 2.56. The monoisotopic (exact) mass is 195 g/mol. The Bertz CT molecular complexity index is 195. The standard InChI is InChI=1S/C8H10.C2H5NO.C2H6/c1-7-3-5-8(2)6-4-7;3-1-2-4;1-2/h3-6H,1-2H3;2H,1,3H2;1-2H3. The number of aldehydes is 1. The van der Waals surface area contributed by atoms with Crippen LogP contribution in [0.2, 0.25) is 0 Å². The van der Waals surface area contributed by atoms with Crippen LogP contribution in [0.4, 0.5) is 0 Å². The van der Waals surface area contributed by atoms with Crippen molar-refractivity contribution in [3.05, 3.63) is 35.4 Å². The fourth-order valence-electron chi connectivity index (χ4n) is 0.637. The van der Waals surface area contributed by atoms with Crippen LogP contribution >= 0.6 is 0 Å². The Morgan fingerprint density at radius 1 is 1.07 bits per heavy atom. The third kappa shape index (κ3) is 10.8. The summed E-state index contributed by atoms with van der Waals surface area (Å²) in [5, 5.41) is 0. The number of carbonyl (C=O) groups is 1. The lowest BCUT2D eigenvalue weighted by Gasteiger charge is -1.90. The molecule has 2 N–H and O–H groups in total. The SMILES string of the molecule is CC.Cc1ccc(C)cc1.NCC=O. The first-order valence-corrected chi connectivity index (χ1v) is 4.87. The third-order valence-electron chi connectivity index (χ3n) is 1.31. The minimum atomic E-state index is 0.139. The van der Waals surface area contributed by atoms with E-state index in [1.54, 1.807) is 0 Å². The number of nitrogens with two attached hydrogens (primary N) is 1. The predicted molar refractivity (Wildman–Crippen MR) is 62.4 cm³/mol. The molecule has 0 unspecified atom stereocenters. The zero-order chi connectivity index (χ0) is 11.4. The highest BCUT2D eigenvalue weighted by molar-refractivity contribution is 5.51. The summed E-state index contributed by atoms with van der Waals surface area (Å²) in [4.78, 5) is 9.05. The van der Waals surface area contributed by atoms with E-state index in [9.17, 15) is 0 Å². The van der Waals surface area contributed by atoms with E-state index in [0.29, 0.717) is 6.29 Å². The Morgan fingerprint density at radius 3 is 1.43 bits per heavy atom. The van der Waals surface area contributed by atoms with Gasteiger partial charge < -0.3 is 10.5 Å². The zero-order valence-corrected chi connectivity index (χ0v) is 9.58. The van der Waals surface area contributed by atoms with Crippen LogP contribution in [0.1, 0.15) is 25.0 Å². The lowest BCUT2D eigenvalue weighted by molar-refractivity contribution is -0.106. The highest BCUT2D eigenvalue weighted by Gasteiger charge is 1.79. The van der Waals surface area contributed by atoms with Crippen molar-refractivity contribution in [2.24, 2.45) is 5.73 Å². The van der Waals surface area contributed by atoms with Crippen LogP contribution < -0.4 is 5.73 Å². The molecule has 0 atom stereocenters. The molecule has 2 nitrogen and oxygen atoms in total. The average Bonchev–Trinajstić information content (AvgIpc) is 2.26. The first kappa shape index (κ1) is 15.3. The molecule has 0 aliphatic heterocycles. The maximum absolute atomic E-state index is 9.05. The maximum Gasteiger partial charge on any atom is 0.133 e. The van der Waals surface area contributed by atoms with E-state index in [1.807, 2.05) is 13.8 Å². The van der Waals surface area contributed by atoms with Crippen molar-refractivity contribution in [2.45, 2.75) is 27.7 Å². The summed E-state index contributed by atoms with van der Waals surface area (Å²) in [7, 11) is 0. The van der Waals surface area contributed by atoms with Gasteiger partial charge in [0.05, 0.1) is 0 Å². The third-order valence-corrected chi connectivity index (χ3v) is 1.31. The first-order valence-electron chi connectivity index (χ1n) is 4.87. The number of hydrogen-bond acceptors (Lipinski definition) is 2. The maximum atomic E-state index is 9.05. The van der Waals surface area contributed by atoms with E-state index in [2.05, 4.69) is 43.8 Å². The molecule has 0 amide bonds. The van der Waals surface area contributed by atoms with Crippen LogP contribution in [0.5, 0.6) is 0 Å². The molecule has 0 aliphatic rings. The highest BCUT2D eigenvalue weighted by atomic mass is 16.1. The van der Waals surface area contributed by atoms with Crippen LogP contribution in [0.25, 0.3) is 0 Å². The van der Waals surface area contributed by atoms with E-state index < -0.39 is 0 Å². The minimum absolute atomic E-state index is 0.139. The number of benzene rings is 1. The van der Waals surface area contributed by atoms with Gasteiger partial charge in [-0.3, -0.25) is 0 Å². The molecule has 0 saturated carbocycles. The van der Waals surface area contributed by atoms with Crippen molar-refractivity contribution in [1.82, 2.24) is 0 Å². The molecule has 1 aromatic rings. The summed E-state index contributed by atoms with van der Waals surface area (Å²) in [6.07, 6.45) is 0.653. The van der Waals surface area contributed by atoms with Crippen LogP contribution in [0.3, 0.4) is 0 Å². The van der Waals surface area contributed by atoms with Crippen molar-refractivity contribution in [3.63, 3.8) is 0 Å². The van der Waals surface area contributed by atoms with Crippen molar-refractivity contribution in [1.29, 1.82) is 0 Å². The molecule has 0 aromatic heterocycles. The second kappa shape index (κ2) is 11.8. The molecule has 1 rings (SSSR count). The normalized spacial score (nSPS) is 7.50. The Morgan fingerprint density at radius 2 is 1.29 bits per heavy atom. The molecular formula is C12H21NO. The van der Waals surface area contributed by atoms with Gasteiger partial charge in [-0.2, -0.15) is 0 Å². The molecule has 2 heteroatoms. The Hall–Kier alpha value is -1.15. The Labute approximate surface area is 87.1 Å². The smallest absolute Gasteiger partial charge is 0.133 e. The summed E-state index contributed by atoms with van der Waals surface area (Å²) in [5.74, 6) is 0. The van der Waals surface area contributed by atoms with E-state index in [4.69, 9.17) is 4.79 Å². The summed E-state index contributed by atoms with van der Waals surface area (Å²) in [6, 6.07) is 8.48. The van der Waals surface area contributed by atoms with Crippen molar-refractivity contribution in [2.75, 3.05) is 6.54 Å². The predicted octanol–water partition coefficient (Wildman–Crippen LogP) is 2.47. The Balaban J connectivity index is 0. The molecule has 0 saturated heterocycles. The number of rotatable bonds is 1. The fourth-order valence-corrected chi connectivity index (χ4v) is 0.637. The molecule has 0 radical (unpaired) electrons. The zero-order valence-electron chi connectivity index (χ0n) is 9.58. The van der Waals surface area contributed by atoms with Crippen LogP contribution in [-0.2, 0) is 4.79 Å². The summed E-state index contributed by atoms with van der Waals surface area (Å²) in [6.45, 7) is 8.33. The molecule has 0 bridgehead atoms. The van der Waals surface area contributed by atoms with E-state index in [1.165, 1.54) is 11.1 Å². The van der Waals surface area contributed by atoms with Crippen LogP contribution in [0, 0.1) is 13.8 Å². The van der Waals surface area contributed by atoms with E-state index in [-0.39, 0.29) is 6.54 Å². The summed E-state index contributed by atoms with van der Waals surface area (Å²) >= 11 is 0. The van der Waals surface area contributed by atoms with Gasteiger partial charge in [0.25, 0.3) is 0 Å². The molecule has 14 heavy (non-hydrogen) atoms. The fraction of sp³-hybridized carbons (Fsp3) is 0.417. The molecule has 80 valence electrons. The van der Waals surface area contributed by atoms with Gasteiger partial charge in [0.1, 0.15) is 6.29 Å². The van der Waals surface area contributed by atoms with E-state index in [0.717, 1.165) is 0 Å². The molecule has 1 aromatic carbocycles. The summed E-state index contributed by atoms with van der Waals surface area (Å²) in [5.41, 5.74) is 7.32. The Kier molecular flexibility index (Phi) is 13.0. The number of carbonyl (C=O) groups excluding carboxylic acids is 1. The quantitative estimate of drug-likeness (QED) is 0.699. The van der Waals surface area contributed by atoms with E-state index >= 15 is 0 Å². The molecule has 0 spiro atoms. The topological polar surface area (TPSA) is 43.1 Å². The largest absolute Gasteiger partial charge is 0.324 e. The van der Waals surface area contributed by atoms with Crippen LogP contribution in [-0.4, -0.2) is 12.8 Å². The van der Waals surface area contributed by atoms with Gasteiger partial charge in [-0.1, -0.05) is 49.2 Å². The van der Waals surface area contributed by atoms with Gasteiger partial charge in [0, 0.05) is 6.54 Å². The summed E-state index contributed by atoms with van der Waals surface area (Å²) < 4.78 is 0. The van der Waals surface area contributed by atoms with Gasteiger partial charge >= 0.3 is 0 Å². The number of aryl methyl sites for hydroxylation is 2. The lowest BCUT2D eigenvalue weighted by Crippen LogP contribution is -1.97. The van der Waals surface area contributed by atoms with Gasteiger partial charge in [-0.25, -0.2) is 0 Å². The van der Waals surface area contributed by atoms with Crippen molar-refractivity contribution in [3.8, 4) is 0 Å². The highest BCUT2D eigenvalue weighted by Crippen LogP contribution is 1.99. The van der Waals surface area contributed by atoms with Gasteiger partial charge in [0.15, 0.2) is 0 Å². The minimum Gasteiger partial charge on any atom is -0.324 e. The van der Waals surface area contributed by atoms with Crippen LogP contribution in [0.15, 0.2) is 24.3 Å². The molecular weight excluding hydrogens is 174 g/mol. The molecule has 0 aliphatic carbocycles. The second-order valence-corrected chi connectivity index (χ2v) is 2.56. The first-order chi connectivity index (χ1) is 6.70. The van der Waals surface area contributed by atoms with Gasteiger partial charge in [0.2, 0.25) is 0 Å². The molecule has 0 fully saturated rings.